The molecule has 3 aromatic rings. The number of fused-ring (bicyclic) bond motifs is 1. The first-order valence-electron chi connectivity index (χ1n) is 6.59. The van der Waals surface area contributed by atoms with Crippen LogP contribution in [-0.2, 0) is 0 Å². The van der Waals surface area contributed by atoms with Gasteiger partial charge in [-0.2, -0.15) is 4.98 Å². The third-order valence-electron chi connectivity index (χ3n) is 3.21. The summed E-state index contributed by atoms with van der Waals surface area (Å²) >= 11 is 3.43. The fraction of sp³-hybridized carbons (Fsp3) is 0.200. The fourth-order valence-electron chi connectivity index (χ4n) is 2.18. The highest BCUT2D eigenvalue weighted by molar-refractivity contribution is 9.10. The van der Waals surface area contributed by atoms with Gasteiger partial charge in [0.2, 0.25) is 5.95 Å². The Morgan fingerprint density at radius 1 is 1.20 bits per heavy atom. The summed E-state index contributed by atoms with van der Waals surface area (Å²) in [5.74, 6) is 0.652. The Morgan fingerprint density at radius 3 is 2.75 bits per heavy atom. The van der Waals surface area contributed by atoms with Crippen LogP contribution in [0.3, 0.4) is 0 Å². The van der Waals surface area contributed by atoms with Crippen LogP contribution in [0.2, 0.25) is 0 Å². The molecule has 0 saturated carbocycles. The molecule has 4 nitrogen and oxygen atoms in total. The van der Waals surface area contributed by atoms with Gasteiger partial charge in [-0.05, 0) is 40.0 Å². The van der Waals surface area contributed by atoms with E-state index in [1.807, 2.05) is 36.5 Å². The van der Waals surface area contributed by atoms with E-state index in [4.69, 9.17) is 0 Å². The zero-order valence-corrected chi connectivity index (χ0v) is 12.7. The van der Waals surface area contributed by atoms with E-state index in [2.05, 4.69) is 50.4 Å². The predicted octanol–water partition coefficient (Wildman–Crippen LogP) is 4.06. The van der Waals surface area contributed by atoms with Gasteiger partial charge < -0.3 is 5.32 Å². The summed E-state index contributed by atoms with van der Waals surface area (Å²) < 4.78 is 2.75. The van der Waals surface area contributed by atoms with Crippen molar-refractivity contribution in [1.82, 2.24) is 14.6 Å². The highest BCUT2D eigenvalue weighted by Gasteiger charge is 2.11. The number of nitrogens with zero attached hydrogens (tertiary/aromatic N) is 3. The van der Waals surface area contributed by atoms with E-state index in [0.717, 1.165) is 16.5 Å². The largest absolute Gasteiger partial charge is 0.346 e. The van der Waals surface area contributed by atoms with E-state index < -0.39 is 0 Å². The molecule has 2 aromatic heterocycles. The first kappa shape index (κ1) is 13.1. The highest BCUT2D eigenvalue weighted by atomic mass is 79.9. The molecule has 0 radical (unpaired) electrons. The fourth-order valence-corrected chi connectivity index (χ4v) is 2.51. The van der Waals surface area contributed by atoms with E-state index >= 15 is 0 Å². The maximum Gasteiger partial charge on any atom is 0.243 e. The molecule has 0 aliphatic carbocycles. The van der Waals surface area contributed by atoms with Gasteiger partial charge in [-0.3, -0.25) is 0 Å². The molecule has 0 aliphatic heterocycles. The van der Waals surface area contributed by atoms with Crippen molar-refractivity contribution in [1.29, 1.82) is 0 Å². The molecule has 0 amide bonds. The Balaban J connectivity index is 1.87. The van der Waals surface area contributed by atoms with Gasteiger partial charge in [-0.1, -0.05) is 37.3 Å². The number of halogens is 1. The molecule has 0 saturated heterocycles. The van der Waals surface area contributed by atoms with Gasteiger partial charge in [0.05, 0.1) is 6.04 Å². The van der Waals surface area contributed by atoms with Gasteiger partial charge in [-0.15, -0.1) is 5.10 Å². The van der Waals surface area contributed by atoms with Crippen LogP contribution in [0.25, 0.3) is 5.65 Å². The lowest BCUT2D eigenvalue weighted by molar-refractivity contribution is 0.737. The standard InChI is InChI=1S/C15H15BrN4/c1-2-13(11-6-4-3-5-7-11)17-15-18-14-9-8-12(16)10-20(14)19-15/h3-10,13H,2H2,1H3,(H,17,19). The van der Waals surface area contributed by atoms with Gasteiger partial charge in [0.1, 0.15) is 0 Å². The summed E-state index contributed by atoms with van der Waals surface area (Å²) in [6.07, 6.45) is 2.88. The van der Waals surface area contributed by atoms with Gasteiger partial charge in [0.15, 0.2) is 5.65 Å². The molecule has 2 heterocycles. The first-order valence-corrected chi connectivity index (χ1v) is 7.39. The van der Waals surface area contributed by atoms with Crippen LogP contribution in [0.4, 0.5) is 5.95 Å². The van der Waals surface area contributed by atoms with E-state index in [9.17, 15) is 0 Å². The topological polar surface area (TPSA) is 42.2 Å². The van der Waals surface area contributed by atoms with E-state index in [0.29, 0.717) is 5.95 Å². The Kier molecular flexibility index (Phi) is 3.69. The minimum absolute atomic E-state index is 0.219. The molecule has 0 aliphatic rings. The van der Waals surface area contributed by atoms with Crippen LogP contribution < -0.4 is 5.32 Å². The van der Waals surface area contributed by atoms with Crippen LogP contribution >= 0.6 is 15.9 Å². The van der Waals surface area contributed by atoms with Crippen molar-refractivity contribution in [3.63, 3.8) is 0 Å². The smallest absolute Gasteiger partial charge is 0.243 e. The molecule has 102 valence electrons. The molecule has 0 fully saturated rings. The summed E-state index contributed by atoms with van der Waals surface area (Å²) in [4.78, 5) is 4.49. The second-order valence-corrected chi connectivity index (χ2v) is 5.52. The Bertz CT molecular complexity index is 708. The van der Waals surface area contributed by atoms with Crippen molar-refractivity contribution in [3.05, 3.63) is 58.7 Å². The zero-order valence-electron chi connectivity index (χ0n) is 11.1. The number of nitrogens with one attached hydrogen (secondary N) is 1. The number of hydrogen-bond acceptors (Lipinski definition) is 3. The normalized spacial score (nSPS) is 12.5. The van der Waals surface area contributed by atoms with Crippen LogP contribution in [0.1, 0.15) is 24.9 Å². The zero-order chi connectivity index (χ0) is 13.9. The highest BCUT2D eigenvalue weighted by Crippen LogP contribution is 2.21. The third-order valence-corrected chi connectivity index (χ3v) is 3.68. The van der Waals surface area contributed by atoms with Gasteiger partial charge in [0.25, 0.3) is 0 Å². The molecule has 1 unspecified atom stereocenters. The van der Waals surface area contributed by atoms with Crippen molar-refractivity contribution in [3.8, 4) is 0 Å². The summed E-state index contributed by atoms with van der Waals surface area (Å²) in [5.41, 5.74) is 2.08. The maximum absolute atomic E-state index is 4.49. The average molecular weight is 331 g/mol. The molecular formula is C15H15BrN4. The lowest BCUT2D eigenvalue weighted by Gasteiger charge is -2.15. The van der Waals surface area contributed by atoms with Crippen LogP contribution in [0.5, 0.6) is 0 Å². The predicted molar refractivity (Wildman–Crippen MR) is 83.8 cm³/mol. The maximum atomic E-state index is 4.49. The minimum Gasteiger partial charge on any atom is -0.346 e. The van der Waals surface area contributed by atoms with Gasteiger partial charge >= 0.3 is 0 Å². The number of benzene rings is 1. The Labute approximate surface area is 126 Å². The van der Waals surface area contributed by atoms with Crippen LogP contribution in [-0.4, -0.2) is 14.6 Å². The quantitative estimate of drug-likeness (QED) is 0.784. The lowest BCUT2D eigenvalue weighted by atomic mass is 10.1. The molecule has 0 spiro atoms. The van der Waals surface area contributed by atoms with Crippen LogP contribution in [0.15, 0.2) is 53.1 Å². The summed E-state index contributed by atoms with van der Waals surface area (Å²) in [7, 11) is 0. The number of hydrogen-bond donors (Lipinski definition) is 1. The van der Waals surface area contributed by atoms with Crippen molar-refractivity contribution >= 4 is 27.5 Å². The Hall–Kier alpha value is -1.88. The minimum atomic E-state index is 0.219. The molecule has 20 heavy (non-hydrogen) atoms. The SMILES string of the molecule is CCC(Nc1nc2ccc(Br)cn2n1)c1ccccc1. The van der Waals surface area contributed by atoms with Gasteiger partial charge in [0, 0.05) is 10.7 Å². The molecule has 5 heteroatoms. The molecule has 3 rings (SSSR count). The van der Waals surface area contributed by atoms with Crippen molar-refractivity contribution in [2.75, 3.05) is 5.32 Å². The molecule has 1 atom stereocenters. The second kappa shape index (κ2) is 5.63. The lowest BCUT2D eigenvalue weighted by Crippen LogP contribution is -2.10. The van der Waals surface area contributed by atoms with Gasteiger partial charge in [-0.25, -0.2) is 4.52 Å². The number of aromatic nitrogens is 3. The van der Waals surface area contributed by atoms with E-state index in [1.54, 1.807) is 4.52 Å². The number of pyridine rings is 1. The molecule has 1 N–H and O–H groups in total. The van der Waals surface area contributed by atoms with E-state index in [-0.39, 0.29) is 6.04 Å². The summed E-state index contributed by atoms with van der Waals surface area (Å²) in [6.45, 7) is 2.15. The van der Waals surface area contributed by atoms with Crippen molar-refractivity contribution in [2.45, 2.75) is 19.4 Å². The first-order chi connectivity index (χ1) is 9.76. The third kappa shape index (κ3) is 2.67. The van der Waals surface area contributed by atoms with Crippen molar-refractivity contribution in [2.24, 2.45) is 0 Å². The van der Waals surface area contributed by atoms with Crippen molar-refractivity contribution < 1.29 is 0 Å². The molecular weight excluding hydrogens is 316 g/mol. The summed E-state index contributed by atoms with van der Waals surface area (Å²) in [6, 6.07) is 14.5. The van der Waals surface area contributed by atoms with Crippen LogP contribution in [0, 0.1) is 0 Å². The van der Waals surface area contributed by atoms with E-state index in [1.165, 1.54) is 5.56 Å². The summed E-state index contributed by atoms with van der Waals surface area (Å²) in [5, 5.41) is 7.85. The molecule has 1 aromatic carbocycles. The number of rotatable bonds is 4. The Morgan fingerprint density at radius 2 is 2.00 bits per heavy atom. The molecule has 0 bridgehead atoms. The number of anilines is 1. The second-order valence-electron chi connectivity index (χ2n) is 4.60. The monoisotopic (exact) mass is 330 g/mol. The average Bonchev–Trinajstić information content (AvgIpc) is 2.87.